The Labute approximate surface area is 160 Å². The van der Waals surface area contributed by atoms with Gasteiger partial charge in [-0.05, 0) is 43.2 Å². The second-order valence-corrected chi connectivity index (χ2v) is 6.72. The van der Waals surface area contributed by atoms with Gasteiger partial charge in [-0.3, -0.25) is 14.0 Å². The Kier molecular flexibility index (Phi) is 4.45. The quantitative estimate of drug-likeness (QED) is 0.707. The number of anilines is 1. The molecular weight excluding hydrogens is 368 g/mol. The SMILES string of the molecule is COc1ccc(Cl)cc1NC(=O)c1nc(C(=O)NC2CC2)c2ccccn12. The average molecular weight is 385 g/mol. The molecule has 1 fully saturated rings. The van der Waals surface area contributed by atoms with E-state index < -0.39 is 5.91 Å². The lowest BCUT2D eigenvalue weighted by molar-refractivity contribution is 0.0948. The summed E-state index contributed by atoms with van der Waals surface area (Å²) in [6.45, 7) is 0. The van der Waals surface area contributed by atoms with Crippen LogP contribution in [-0.2, 0) is 0 Å². The van der Waals surface area contributed by atoms with Crippen LogP contribution in [0.1, 0.15) is 33.9 Å². The van der Waals surface area contributed by atoms with Crippen LogP contribution in [0.15, 0.2) is 42.6 Å². The number of hydrogen-bond donors (Lipinski definition) is 2. The van der Waals surface area contributed by atoms with Crippen molar-refractivity contribution in [1.29, 1.82) is 0 Å². The van der Waals surface area contributed by atoms with Crippen molar-refractivity contribution in [2.24, 2.45) is 0 Å². The number of methoxy groups -OCH3 is 1. The molecule has 27 heavy (non-hydrogen) atoms. The van der Waals surface area contributed by atoms with Gasteiger partial charge in [-0.2, -0.15) is 0 Å². The highest BCUT2D eigenvalue weighted by atomic mass is 35.5. The lowest BCUT2D eigenvalue weighted by atomic mass is 10.3. The van der Waals surface area contributed by atoms with E-state index in [1.165, 1.54) is 7.11 Å². The summed E-state index contributed by atoms with van der Waals surface area (Å²) in [5, 5.41) is 6.12. The van der Waals surface area contributed by atoms with Gasteiger partial charge in [0.15, 0.2) is 5.69 Å². The number of amides is 2. The molecule has 3 aromatic rings. The van der Waals surface area contributed by atoms with Crippen molar-refractivity contribution in [2.75, 3.05) is 12.4 Å². The molecule has 1 aromatic carbocycles. The molecule has 2 heterocycles. The van der Waals surface area contributed by atoms with E-state index in [1.54, 1.807) is 47.0 Å². The smallest absolute Gasteiger partial charge is 0.292 e. The second-order valence-electron chi connectivity index (χ2n) is 6.29. The maximum absolute atomic E-state index is 12.9. The fourth-order valence-corrected chi connectivity index (χ4v) is 2.97. The summed E-state index contributed by atoms with van der Waals surface area (Å²) in [6.07, 6.45) is 3.64. The number of halogens is 1. The number of nitrogens with zero attached hydrogens (tertiary/aromatic N) is 2. The summed E-state index contributed by atoms with van der Waals surface area (Å²) in [4.78, 5) is 29.7. The number of benzene rings is 1. The molecule has 138 valence electrons. The van der Waals surface area contributed by atoms with Gasteiger partial charge in [0.05, 0.1) is 18.3 Å². The van der Waals surface area contributed by atoms with Crippen molar-refractivity contribution in [1.82, 2.24) is 14.7 Å². The fraction of sp³-hybridized carbons (Fsp3) is 0.211. The van der Waals surface area contributed by atoms with Crippen LogP contribution in [0, 0.1) is 0 Å². The van der Waals surface area contributed by atoms with Gasteiger partial charge in [-0.1, -0.05) is 17.7 Å². The Morgan fingerprint density at radius 2 is 2.04 bits per heavy atom. The maximum Gasteiger partial charge on any atom is 0.292 e. The number of carbonyl (C=O) groups is 2. The number of imidazole rings is 1. The molecule has 0 bridgehead atoms. The predicted molar refractivity (Wildman–Crippen MR) is 102 cm³/mol. The van der Waals surface area contributed by atoms with Gasteiger partial charge in [-0.15, -0.1) is 0 Å². The normalized spacial score (nSPS) is 13.4. The number of carbonyl (C=O) groups excluding carboxylic acids is 2. The van der Waals surface area contributed by atoms with Gasteiger partial charge in [0.1, 0.15) is 5.75 Å². The molecule has 0 unspecified atom stereocenters. The number of fused-ring (bicyclic) bond motifs is 1. The third kappa shape index (κ3) is 3.46. The average Bonchev–Trinajstić information content (AvgIpc) is 3.38. The lowest BCUT2D eigenvalue weighted by Gasteiger charge is -2.10. The molecule has 4 rings (SSSR count). The molecule has 7 nitrogen and oxygen atoms in total. The van der Waals surface area contributed by atoms with Crippen molar-refractivity contribution >= 4 is 34.6 Å². The van der Waals surface area contributed by atoms with Gasteiger partial charge in [0.25, 0.3) is 11.8 Å². The van der Waals surface area contributed by atoms with Crippen LogP contribution in [-0.4, -0.2) is 34.4 Å². The first kappa shape index (κ1) is 17.4. The number of ether oxygens (including phenoxy) is 1. The molecule has 1 saturated carbocycles. The third-order valence-electron chi connectivity index (χ3n) is 4.29. The monoisotopic (exact) mass is 384 g/mol. The van der Waals surface area contributed by atoms with Gasteiger partial charge < -0.3 is 15.4 Å². The highest BCUT2D eigenvalue weighted by molar-refractivity contribution is 6.31. The first-order chi connectivity index (χ1) is 13.1. The topological polar surface area (TPSA) is 84.7 Å². The maximum atomic E-state index is 12.9. The van der Waals surface area contributed by atoms with E-state index in [4.69, 9.17) is 16.3 Å². The zero-order valence-electron chi connectivity index (χ0n) is 14.5. The van der Waals surface area contributed by atoms with Gasteiger partial charge in [0.2, 0.25) is 5.82 Å². The van der Waals surface area contributed by atoms with E-state index in [-0.39, 0.29) is 23.5 Å². The molecule has 2 N–H and O–H groups in total. The molecule has 1 aliphatic carbocycles. The minimum absolute atomic E-state index is 0.105. The molecule has 0 radical (unpaired) electrons. The van der Waals surface area contributed by atoms with Crippen molar-refractivity contribution in [3.63, 3.8) is 0 Å². The molecule has 0 spiro atoms. The van der Waals surface area contributed by atoms with Crippen LogP contribution >= 0.6 is 11.6 Å². The summed E-state index contributed by atoms with van der Waals surface area (Å²) in [7, 11) is 1.50. The first-order valence-electron chi connectivity index (χ1n) is 8.49. The summed E-state index contributed by atoms with van der Waals surface area (Å²) in [5.74, 6) is -0.170. The Bertz CT molecular complexity index is 1040. The minimum atomic E-state index is -0.470. The van der Waals surface area contributed by atoms with E-state index in [1.807, 2.05) is 0 Å². The van der Waals surface area contributed by atoms with Crippen molar-refractivity contribution in [3.05, 3.63) is 59.1 Å². The lowest BCUT2D eigenvalue weighted by Crippen LogP contribution is -2.26. The van der Waals surface area contributed by atoms with Crippen LogP contribution in [0.5, 0.6) is 5.75 Å². The largest absolute Gasteiger partial charge is 0.495 e. The van der Waals surface area contributed by atoms with Crippen LogP contribution in [0.25, 0.3) is 5.52 Å². The van der Waals surface area contributed by atoms with Crippen molar-refractivity contribution in [2.45, 2.75) is 18.9 Å². The van der Waals surface area contributed by atoms with E-state index in [0.717, 1.165) is 12.8 Å². The van der Waals surface area contributed by atoms with E-state index in [2.05, 4.69) is 15.6 Å². The Morgan fingerprint density at radius 1 is 1.22 bits per heavy atom. The summed E-state index contributed by atoms with van der Waals surface area (Å²) in [6, 6.07) is 10.4. The minimum Gasteiger partial charge on any atom is -0.495 e. The zero-order valence-corrected chi connectivity index (χ0v) is 15.3. The molecule has 1 aliphatic rings. The van der Waals surface area contributed by atoms with Gasteiger partial charge >= 0.3 is 0 Å². The van der Waals surface area contributed by atoms with E-state index >= 15 is 0 Å². The summed E-state index contributed by atoms with van der Waals surface area (Å²) < 4.78 is 6.85. The summed E-state index contributed by atoms with van der Waals surface area (Å²) >= 11 is 6.02. The van der Waals surface area contributed by atoms with Gasteiger partial charge in [0, 0.05) is 17.3 Å². The van der Waals surface area contributed by atoms with E-state index in [9.17, 15) is 9.59 Å². The molecule has 0 atom stereocenters. The number of nitrogens with one attached hydrogen (secondary N) is 2. The van der Waals surface area contributed by atoms with Gasteiger partial charge in [-0.25, -0.2) is 4.98 Å². The number of rotatable bonds is 5. The van der Waals surface area contributed by atoms with Crippen LogP contribution in [0.4, 0.5) is 5.69 Å². The molecule has 2 amide bonds. The predicted octanol–water partition coefficient (Wildman–Crippen LogP) is 3.14. The third-order valence-corrected chi connectivity index (χ3v) is 4.52. The van der Waals surface area contributed by atoms with Crippen LogP contribution < -0.4 is 15.4 Å². The Hall–Kier alpha value is -3.06. The molecule has 0 aliphatic heterocycles. The highest BCUT2D eigenvalue weighted by Crippen LogP contribution is 2.28. The van der Waals surface area contributed by atoms with Crippen LogP contribution in [0.3, 0.4) is 0 Å². The van der Waals surface area contributed by atoms with E-state index in [0.29, 0.717) is 22.0 Å². The van der Waals surface area contributed by atoms with Crippen molar-refractivity contribution in [3.8, 4) is 5.75 Å². The Balaban J connectivity index is 1.70. The first-order valence-corrected chi connectivity index (χ1v) is 8.87. The van der Waals surface area contributed by atoms with Crippen molar-refractivity contribution < 1.29 is 14.3 Å². The molecule has 0 saturated heterocycles. The highest BCUT2D eigenvalue weighted by Gasteiger charge is 2.27. The molecule has 8 heteroatoms. The number of hydrogen-bond acceptors (Lipinski definition) is 4. The summed E-state index contributed by atoms with van der Waals surface area (Å²) in [5.41, 5.74) is 1.22. The zero-order chi connectivity index (χ0) is 19.0. The Morgan fingerprint density at radius 3 is 2.78 bits per heavy atom. The second kappa shape index (κ2) is 6.92. The molecule has 2 aromatic heterocycles. The number of pyridine rings is 1. The molecular formula is C19H17ClN4O3. The van der Waals surface area contributed by atoms with Crippen LogP contribution in [0.2, 0.25) is 5.02 Å². The standard InChI is InChI=1S/C19H17ClN4O3/c1-27-15-8-5-11(20)10-13(15)22-19(26)17-23-16(18(25)21-12-6-7-12)14-4-2-3-9-24(14)17/h2-5,8-10,12H,6-7H2,1H3,(H,21,25)(H,22,26). The number of aromatic nitrogens is 2. The fourth-order valence-electron chi connectivity index (χ4n) is 2.80.